The van der Waals surface area contributed by atoms with Crippen LogP contribution in [0.5, 0.6) is 5.75 Å². The first-order valence-electron chi connectivity index (χ1n) is 11.4. The molecule has 0 bridgehead atoms. The highest BCUT2D eigenvalue weighted by atomic mass is 32.2. The summed E-state index contributed by atoms with van der Waals surface area (Å²) in [7, 11) is -3.63. The second-order valence-corrected chi connectivity index (χ2v) is 10.9. The van der Waals surface area contributed by atoms with E-state index in [0.29, 0.717) is 50.1 Å². The minimum Gasteiger partial charge on any atom is -0.494 e. The molecule has 32 heavy (non-hydrogen) atoms. The van der Waals surface area contributed by atoms with E-state index in [0.717, 1.165) is 6.42 Å². The number of nitrogens with zero attached hydrogens (tertiary/aromatic N) is 2. The molecule has 0 saturated carbocycles. The molecular weight excluding hydrogens is 432 g/mol. The SMILES string of the molecule is CCOc1ccc(S(=O)(=O)N2CCC(C(=O)OCC(=O)N3CC(C)CC(C)C3)CC2)cc1. The second kappa shape index (κ2) is 10.7. The lowest BCUT2D eigenvalue weighted by Gasteiger charge is -2.35. The van der Waals surface area contributed by atoms with Crippen molar-refractivity contribution >= 4 is 21.9 Å². The average Bonchev–Trinajstić information content (AvgIpc) is 2.77. The number of hydrogen-bond acceptors (Lipinski definition) is 6. The van der Waals surface area contributed by atoms with Crippen molar-refractivity contribution in [1.82, 2.24) is 9.21 Å². The van der Waals surface area contributed by atoms with Crippen molar-refractivity contribution in [3.05, 3.63) is 24.3 Å². The van der Waals surface area contributed by atoms with Crippen LogP contribution in [0.25, 0.3) is 0 Å². The van der Waals surface area contributed by atoms with E-state index in [1.807, 2.05) is 6.92 Å². The number of amides is 1. The predicted octanol–water partition coefficient (Wildman–Crippen LogP) is 2.53. The zero-order chi connectivity index (χ0) is 23.3. The first-order valence-corrected chi connectivity index (χ1v) is 12.8. The fourth-order valence-corrected chi connectivity index (χ4v) is 6.03. The van der Waals surface area contributed by atoms with E-state index in [1.165, 1.54) is 16.4 Å². The molecule has 8 nitrogen and oxygen atoms in total. The molecule has 2 saturated heterocycles. The molecule has 2 unspecified atom stereocenters. The molecule has 2 aliphatic rings. The molecule has 1 aromatic carbocycles. The third-order valence-electron chi connectivity index (χ3n) is 6.12. The minimum absolute atomic E-state index is 0.160. The summed E-state index contributed by atoms with van der Waals surface area (Å²) in [6.07, 6.45) is 1.85. The molecule has 178 valence electrons. The van der Waals surface area contributed by atoms with E-state index in [2.05, 4.69) is 13.8 Å². The Labute approximate surface area is 190 Å². The van der Waals surface area contributed by atoms with Gasteiger partial charge in [0.05, 0.1) is 17.4 Å². The van der Waals surface area contributed by atoms with E-state index in [-0.39, 0.29) is 30.5 Å². The van der Waals surface area contributed by atoms with Crippen molar-refractivity contribution in [3.63, 3.8) is 0 Å². The van der Waals surface area contributed by atoms with Gasteiger partial charge in [-0.25, -0.2) is 8.42 Å². The Bertz CT molecular complexity index is 884. The highest BCUT2D eigenvalue weighted by Crippen LogP contribution is 2.26. The van der Waals surface area contributed by atoms with Gasteiger partial charge in [0.15, 0.2) is 6.61 Å². The highest BCUT2D eigenvalue weighted by Gasteiger charge is 2.33. The van der Waals surface area contributed by atoms with Crippen molar-refractivity contribution in [2.45, 2.75) is 44.9 Å². The average molecular weight is 467 g/mol. The second-order valence-electron chi connectivity index (χ2n) is 8.94. The number of esters is 1. The van der Waals surface area contributed by atoms with Gasteiger partial charge in [-0.1, -0.05) is 13.8 Å². The third kappa shape index (κ3) is 6.01. The van der Waals surface area contributed by atoms with Gasteiger partial charge in [-0.3, -0.25) is 9.59 Å². The maximum Gasteiger partial charge on any atom is 0.309 e. The number of rotatable bonds is 7. The standard InChI is InChI=1S/C23H34N2O6S/c1-4-30-20-5-7-21(8-6-20)32(28,29)25-11-9-19(10-12-25)23(27)31-16-22(26)24-14-17(2)13-18(3)15-24/h5-8,17-19H,4,9-16H2,1-3H3. The van der Waals surface area contributed by atoms with Crippen molar-refractivity contribution in [2.24, 2.45) is 17.8 Å². The summed E-state index contributed by atoms with van der Waals surface area (Å²) in [4.78, 5) is 26.9. The monoisotopic (exact) mass is 466 g/mol. The number of benzene rings is 1. The summed E-state index contributed by atoms with van der Waals surface area (Å²) in [6, 6.07) is 6.35. The Morgan fingerprint density at radius 1 is 1.03 bits per heavy atom. The van der Waals surface area contributed by atoms with Crippen LogP contribution in [0.3, 0.4) is 0 Å². The number of ether oxygens (including phenoxy) is 2. The summed E-state index contributed by atoms with van der Waals surface area (Å²) < 4.78 is 37.8. The van der Waals surface area contributed by atoms with Crippen LogP contribution in [0, 0.1) is 17.8 Å². The third-order valence-corrected chi connectivity index (χ3v) is 8.03. The lowest BCUT2D eigenvalue weighted by molar-refractivity contribution is -0.157. The number of carbonyl (C=O) groups excluding carboxylic acids is 2. The van der Waals surface area contributed by atoms with Gasteiger partial charge in [0.25, 0.3) is 5.91 Å². The fourth-order valence-electron chi connectivity index (χ4n) is 4.56. The van der Waals surface area contributed by atoms with Crippen LogP contribution in [0.4, 0.5) is 0 Å². The van der Waals surface area contributed by atoms with Gasteiger partial charge in [0.2, 0.25) is 10.0 Å². The first kappa shape index (κ1) is 24.5. The lowest BCUT2D eigenvalue weighted by Crippen LogP contribution is -2.45. The molecule has 2 heterocycles. The zero-order valence-electron chi connectivity index (χ0n) is 19.2. The Kier molecular flexibility index (Phi) is 8.16. The number of piperidine rings is 2. The van der Waals surface area contributed by atoms with Crippen LogP contribution >= 0.6 is 0 Å². The molecule has 0 N–H and O–H groups in total. The first-order chi connectivity index (χ1) is 15.2. The summed E-state index contributed by atoms with van der Waals surface area (Å²) in [5.41, 5.74) is 0. The fraction of sp³-hybridized carbons (Fsp3) is 0.652. The lowest BCUT2D eigenvalue weighted by atomic mass is 9.92. The van der Waals surface area contributed by atoms with Gasteiger partial charge in [0.1, 0.15) is 5.75 Å². The van der Waals surface area contributed by atoms with Crippen LogP contribution in [-0.4, -0.2) is 68.9 Å². The summed E-state index contributed by atoms with van der Waals surface area (Å²) in [5.74, 6) is 0.534. The molecule has 1 aromatic rings. The van der Waals surface area contributed by atoms with E-state index in [9.17, 15) is 18.0 Å². The molecular formula is C23H34N2O6S. The highest BCUT2D eigenvalue weighted by molar-refractivity contribution is 7.89. The maximum absolute atomic E-state index is 12.9. The number of carbonyl (C=O) groups is 2. The van der Waals surface area contributed by atoms with Crippen molar-refractivity contribution < 1.29 is 27.5 Å². The van der Waals surface area contributed by atoms with E-state index in [4.69, 9.17) is 9.47 Å². The molecule has 9 heteroatoms. The molecule has 2 atom stereocenters. The van der Waals surface area contributed by atoms with Crippen LogP contribution in [0.15, 0.2) is 29.2 Å². The van der Waals surface area contributed by atoms with Gasteiger partial charge in [0, 0.05) is 26.2 Å². The number of sulfonamides is 1. The summed E-state index contributed by atoms with van der Waals surface area (Å²) in [6.45, 7) is 8.25. The van der Waals surface area contributed by atoms with Gasteiger partial charge >= 0.3 is 5.97 Å². The Morgan fingerprint density at radius 2 is 1.62 bits per heavy atom. The Hall–Kier alpha value is -2.13. The molecule has 1 amide bonds. The van der Waals surface area contributed by atoms with Crippen LogP contribution in [0.1, 0.15) is 40.0 Å². The molecule has 2 fully saturated rings. The molecule has 2 aliphatic heterocycles. The Balaban J connectivity index is 1.48. The Morgan fingerprint density at radius 3 is 2.19 bits per heavy atom. The summed E-state index contributed by atoms with van der Waals surface area (Å²) >= 11 is 0. The largest absolute Gasteiger partial charge is 0.494 e. The van der Waals surface area contributed by atoms with E-state index in [1.54, 1.807) is 17.0 Å². The predicted molar refractivity (Wildman–Crippen MR) is 120 cm³/mol. The molecule has 0 aliphatic carbocycles. The molecule has 0 spiro atoms. The number of likely N-dealkylation sites (tertiary alicyclic amines) is 1. The van der Waals surface area contributed by atoms with Crippen LogP contribution < -0.4 is 4.74 Å². The van der Waals surface area contributed by atoms with Crippen LogP contribution in [-0.2, 0) is 24.3 Å². The van der Waals surface area contributed by atoms with Gasteiger partial charge < -0.3 is 14.4 Å². The van der Waals surface area contributed by atoms with E-state index < -0.39 is 21.9 Å². The van der Waals surface area contributed by atoms with E-state index >= 15 is 0 Å². The molecule has 0 aromatic heterocycles. The molecule has 3 rings (SSSR count). The normalized spacial score (nSPS) is 23.0. The van der Waals surface area contributed by atoms with Gasteiger partial charge in [-0.2, -0.15) is 4.31 Å². The van der Waals surface area contributed by atoms with Crippen molar-refractivity contribution in [3.8, 4) is 5.75 Å². The zero-order valence-corrected chi connectivity index (χ0v) is 20.0. The summed E-state index contributed by atoms with van der Waals surface area (Å²) in [5, 5.41) is 0. The van der Waals surface area contributed by atoms with Crippen molar-refractivity contribution in [2.75, 3.05) is 39.4 Å². The van der Waals surface area contributed by atoms with Gasteiger partial charge in [-0.15, -0.1) is 0 Å². The van der Waals surface area contributed by atoms with Crippen LogP contribution in [0.2, 0.25) is 0 Å². The topological polar surface area (TPSA) is 93.2 Å². The molecule has 0 radical (unpaired) electrons. The van der Waals surface area contributed by atoms with Gasteiger partial charge in [-0.05, 0) is 62.3 Å². The number of hydrogen-bond donors (Lipinski definition) is 0. The minimum atomic E-state index is -3.63. The maximum atomic E-state index is 12.9. The van der Waals surface area contributed by atoms with Crippen molar-refractivity contribution in [1.29, 1.82) is 0 Å². The smallest absolute Gasteiger partial charge is 0.309 e. The quantitative estimate of drug-likeness (QED) is 0.574.